The van der Waals surface area contributed by atoms with E-state index in [9.17, 15) is 9.59 Å². The molecule has 1 aromatic rings. The van der Waals surface area contributed by atoms with E-state index in [1.807, 2.05) is 13.8 Å². The van der Waals surface area contributed by atoms with Gasteiger partial charge in [-0.2, -0.15) is 0 Å². The van der Waals surface area contributed by atoms with Crippen LogP contribution in [0.4, 0.5) is 0 Å². The number of aryl methyl sites for hydroxylation is 1. The first-order valence-electron chi connectivity index (χ1n) is 5.73. The minimum atomic E-state index is -1.10. The summed E-state index contributed by atoms with van der Waals surface area (Å²) in [4.78, 5) is 23.1. The van der Waals surface area contributed by atoms with Crippen molar-refractivity contribution in [2.75, 3.05) is 7.11 Å². The summed E-state index contributed by atoms with van der Waals surface area (Å²) in [5.41, 5.74) is 2.88. The van der Waals surface area contributed by atoms with Crippen molar-refractivity contribution in [2.45, 2.75) is 27.7 Å². The van der Waals surface area contributed by atoms with E-state index in [0.717, 1.165) is 16.7 Å². The molecule has 1 atom stereocenters. The lowest BCUT2D eigenvalue weighted by molar-refractivity contribution is -0.139. The first-order chi connectivity index (χ1) is 8.31. The van der Waals surface area contributed by atoms with Crippen LogP contribution < -0.4 is 4.74 Å². The molecule has 0 heterocycles. The number of hydrogen-bond donors (Lipinski definition) is 1. The third-order valence-corrected chi connectivity index (χ3v) is 3.28. The number of aliphatic carboxylic acids is 1. The lowest BCUT2D eigenvalue weighted by atomic mass is 9.89. The molecular weight excluding hydrogens is 232 g/mol. The molecule has 0 fully saturated rings. The number of ether oxygens (including phenoxy) is 1. The summed E-state index contributed by atoms with van der Waals surface area (Å²) in [5.74, 6) is -1.78. The Bertz CT molecular complexity index is 503. The van der Waals surface area contributed by atoms with Crippen LogP contribution in [0.15, 0.2) is 6.07 Å². The fourth-order valence-corrected chi connectivity index (χ4v) is 1.96. The number of carboxylic acid groups (broad SMARTS) is 1. The average Bonchev–Trinajstić information content (AvgIpc) is 2.32. The van der Waals surface area contributed by atoms with Crippen LogP contribution in [0.25, 0.3) is 0 Å². The van der Waals surface area contributed by atoms with Crippen molar-refractivity contribution >= 4 is 11.8 Å². The summed E-state index contributed by atoms with van der Waals surface area (Å²) in [5, 5.41) is 8.92. The van der Waals surface area contributed by atoms with Crippen LogP contribution in [0.2, 0.25) is 0 Å². The molecule has 1 unspecified atom stereocenters. The molecule has 98 valence electrons. The van der Waals surface area contributed by atoms with E-state index in [2.05, 4.69) is 0 Å². The molecule has 0 aliphatic heterocycles. The molecule has 0 aliphatic carbocycles. The Hall–Kier alpha value is -1.84. The maximum Gasteiger partial charge on any atom is 0.314 e. The van der Waals surface area contributed by atoms with Gasteiger partial charge in [0.1, 0.15) is 11.7 Å². The van der Waals surface area contributed by atoms with E-state index in [1.54, 1.807) is 20.1 Å². The SMILES string of the molecule is COc1cc(C)c(C(=O)C(C)C(=O)O)c(C)c1C. The number of hydrogen-bond acceptors (Lipinski definition) is 3. The van der Waals surface area contributed by atoms with Gasteiger partial charge in [0.05, 0.1) is 7.11 Å². The van der Waals surface area contributed by atoms with Gasteiger partial charge in [-0.1, -0.05) is 0 Å². The molecule has 0 aromatic heterocycles. The molecule has 1 rings (SSSR count). The largest absolute Gasteiger partial charge is 0.496 e. The van der Waals surface area contributed by atoms with Gasteiger partial charge in [0.15, 0.2) is 5.78 Å². The van der Waals surface area contributed by atoms with Gasteiger partial charge in [-0.3, -0.25) is 9.59 Å². The zero-order valence-corrected chi connectivity index (χ0v) is 11.3. The van der Waals surface area contributed by atoms with Crippen LogP contribution in [-0.4, -0.2) is 24.0 Å². The van der Waals surface area contributed by atoms with Crippen LogP contribution in [0.1, 0.15) is 34.0 Å². The first kappa shape index (κ1) is 14.2. The van der Waals surface area contributed by atoms with Crippen molar-refractivity contribution in [1.29, 1.82) is 0 Å². The Morgan fingerprint density at radius 3 is 2.22 bits per heavy atom. The van der Waals surface area contributed by atoms with E-state index in [4.69, 9.17) is 9.84 Å². The van der Waals surface area contributed by atoms with Crippen molar-refractivity contribution in [3.8, 4) is 5.75 Å². The average molecular weight is 250 g/mol. The fraction of sp³-hybridized carbons (Fsp3) is 0.429. The van der Waals surface area contributed by atoms with Crippen molar-refractivity contribution in [3.05, 3.63) is 28.3 Å². The Morgan fingerprint density at radius 2 is 1.78 bits per heavy atom. The molecule has 18 heavy (non-hydrogen) atoms. The van der Waals surface area contributed by atoms with Crippen molar-refractivity contribution in [2.24, 2.45) is 5.92 Å². The number of ketones is 1. The van der Waals surface area contributed by atoms with Crippen LogP contribution in [0.5, 0.6) is 5.75 Å². The third-order valence-electron chi connectivity index (χ3n) is 3.28. The molecular formula is C14H18O4. The molecule has 1 aromatic carbocycles. The minimum absolute atomic E-state index is 0.358. The van der Waals surface area contributed by atoms with Crippen molar-refractivity contribution in [1.82, 2.24) is 0 Å². The highest BCUT2D eigenvalue weighted by Gasteiger charge is 2.26. The Kier molecular flexibility index (Phi) is 4.11. The minimum Gasteiger partial charge on any atom is -0.496 e. The number of carbonyl (C=O) groups excluding carboxylic acids is 1. The monoisotopic (exact) mass is 250 g/mol. The molecule has 0 saturated heterocycles. The predicted octanol–water partition coefficient (Wildman–Crippen LogP) is 2.52. The van der Waals surface area contributed by atoms with Crippen LogP contribution >= 0.6 is 0 Å². The summed E-state index contributed by atoms with van der Waals surface area (Å²) in [6, 6.07) is 1.77. The van der Waals surface area contributed by atoms with Crippen LogP contribution in [0, 0.1) is 26.7 Å². The van der Waals surface area contributed by atoms with Crippen molar-refractivity contribution in [3.63, 3.8) is 0 Å². The van der Waals surface area contributed by atoms with E-state index < -0.39 is 11.9 Å². The lowest BCUT2D eigenvalue weighted by Crippen LogP contribution is -2.22. The second kappa shape index (κ2) is 5.21. The van der Waals surface area contributed by atoms with Gasteiger partial charge in [0.25, 0.3) is 0 Å². The number of rotatable bonds is 4. The second-order valence-corrected chi connectivity index (χ2v) is 4.44. The highest BCUT2D eigenvalue weighted by molar-refractivity contribution is 6.09. The van der Waals surface area contributed by atoms with Crippen LogP contribution in [-0.2, 0) is 4.79 Å². The number of methoxy groups -OCH3 is 1. The van der Waals surface area contributed by atoms with E-state index in [1.165, 1.54) is 6.92 Å². The molecule has 4 heteroatoms. The maximum atomic E-state index is 12.2. The zero-order chi connectivity index (χ0) is 14.0. The highest BCUT2D eigenvalue weighted by Crippen LogP contribution is 2.29. The molecule has 0 radical (unpaired) electrons. The molecule has 4 nitrogen and oxygen atoms in total. The van der Waals surface area contributed by atoms with Gasteiger partial charge in [-0.05, 0) is 50.5 Å². The number of carboxylic acids is 1. The first-order valence-corrected chi connectivity index (χ1v) is 5.73. The van der Waals surface area contributed by atoms with Gasteiger partial charge < -0.3 is 9.84 Å². The summed E-state index contributed by atoms with van der Waals surface area (Å²) >= 11 is 0. The molecule has 0 bridgehead atoms. The summed E-state index contributed by atoms with van der Waals surface area (Å²) in [6.45, 7) is 6.86. The second-order valence-electron chi connectivity index (χ2n) is 4.44. The smallest absolute Gasteiger partial charge is 0.314 e. The Labute approximate surface area is 107 Å². The van der Waals surface area contributed by atoms with Gasteiger partial charge in [-0.15, -0.1) is 0 Å². The number of carbonyl (C=O) groups is 2. The van der Waals surface area contributed by atoms with Gasteiger partial charge in [0, 0.05) is 5.56 Å². The molecule has 0 saturated carbocycles. The normalized spacial score (nSPS) is 12.1. The summed E-state index contributed by atoms with van der Waals surface area (Å²) in [6.07, 6.45) is 0. The lowest BCUT2D eigenvalue weighted by Gasteiger charge is -2.16. The van der Waals surface area contributed by atoms with E-state index in [-0.39, 0.29) is 5.78 Å². The zero-order valence-electron chi connectivity index (χ0n) is 11.3. The Morgan fingerprint density at radius 1 is 1.22 bits per heavy atom. The quantitative estimate of drug-likeness (QED) is 0.658. The molecule has 0 spiro atoms. The van der Waals surface area contributed by atoms with E-state index >= 15 is 0 Å². The molecule has 0 aliphatic rings. The third kappa shape index (κ3) is 2.37. The van der Waals surface area contributed by atoms with Gasteiger partial charge in [0.2, 0.25) is 0 Å². The van der Waals surface area contributed by atoms with E-state index in [0.29, 0.717) is 11.3 Å². The van der Waals surface area contributed by atoms with Gasteiger partial charge >= 0.3 is 5.97 Å². The fourth-order valence-electron chi connectivity index (χ4n) is 1.96. The standard InChI is InChI=1S/C14H18O4/c1-7-6-11(18-5)8(2)9(3)12(7)13(15)10(4)14(16)17/h6,10H,1-5H3,(H,16,17). The topological polar surface area (TPSA) is 63.6 Å². The van der Waals surface area contributed by atoms with Crippen molar-refractivity contribution < 1.29 is 19.4 Å². The number of benzene rings is 1. The maximum absolute atomic E-state index is 12.2. The molecule has 0 amide bonds. The highest BCUT2D eigenvalue weighted by atomic mass is 16.5. The Balaban J connectivity index is 3.38. The summed E-state index contributed by atoms with van der Waals surface area (Å²) in [7, 11) is 1.57. The molecule has 1 N–H and O–H groups in total. The predicted molar refractivity (Wildman–Crippen MR) is 68.3 cm³/mol. The van der Waals surface area contributed by atoms with Crippen LogP contribution in [0.3, 0.4) is 0 Å². The van der Waals surface area contributed by atoms with Gasteiger partial charge in [-0.25, -0.2) is 0 Å². The number of Topliss-reactive ketones (excluding diaryl/α,β-unsaturated/α-hetero) is 1. The summed E-state index contributed by atoms with van der Waals surface area (Å²) < 4.78 is 5.22.